The number of esters is 1. The van der Waals surface area contributed by atoms with Crippen LogP contribution in [0.3, 0.4) is 0 Å². The van der Waals surface area contributed by atoms with Crippen LogP contribution in [0.25, 0.3) is 0 Å². The molecule has 1 N–H and O–H groups in total. The molecule has 0 saturated carbocycles. The van der Waals surface area contributed by atoms with Crippen LogP contribution in [0.15, 0.2) is 24.3 Å². The van der Waals surface area contributed by atoms with E-state index >= 15 is 0 Å². The number of carbonyl (C=O) groups excluding carboxylic acids is 2. The van der Waals surface area contributed by atoms with Crippen molar-refractivity contribution in [2.45, 2.75) is 46.3 Å². The van der Waals surface area contributed by atoms with Crippen molar-refractivity contribution < 1.29 is 14.3 Å². The molecule has 0 spiro atoms. The van der Waals surface area contributed by atoms with Gasteiger partial charge in [0.15, 0.2) is 6.10 Å². The van der Waals surface area contributed by atoms with E-state index in [4.69, 9.17) is 27.9 Å². The highest BCUT2D eigenvalue weighted by molar-refractivity contribution is 6.32. The van der Waals surface area contributed by atoms with Gasteiger partial charge in [-0.15, -0.1) is 0 Å². The zero-order chi connectivity index (χ0) is 19.3. The summed E-state index contributed by atoms with van der Waals surface area (Å²) in [7, 11) is 0. The van der Waals surface area contributed by atoms with Crippen molar-refractivity contribution in [1.82, 2.24) is 9.78 Å². The van der Waals surface area contributed by atoms with Crippen LogP contribution in [0.5, 0.6) is 0 Å². The summed E-state index contributed by atoms with van der Waals surface area (Å²) in [4.78, 5) is 24.6. The van der Waals surface area contributed by atoms with Crippen molar-refractivity contribution in [3.63, 3.8) is 0 Å². The minimum atomic E-state index is -0.993. The fourth-order valence-corrected chi connectivity index (χ4v) is 2.75. The summed E-state index contributed by atoms with van der Waals surface area (Å²) >= 11 is 12.1. The van der Waals surface area contributed by atoms with E-state index in [2.05, 4.69) is 17.3 Å². The summed E-state index contributed by atoms with van der Waals surface area (Å²) in [5.41, 5.74) is 1.22. The molecule has 0 aliphatic rings. The Morgan fingerprint density at radius 2 is 1.92 bits per heavy atom. The molecule has 1 atom stereocenters. The molecule has 1 aromatic heterocycles. The highest BCUT2D eigenvalue weighted by atomic mass is 35.5. The van der Waals surface area contributed by atoms with Crippen LogP contribution in [0.2, 0.25) is 10.2 Å². The molecule has 26 heavy (non-hydrogen) atoms. The summed E-state index contributed by atoms with van der Waals surface area (Å²) in [6, 6.07) is 6.63. The molecule has 6 nitrogen and oxygen atoms in total. The zero-order valence-corrected chi connectivity index (χ0v) is 16.4. The summed E-state index contributed by atoms with van der Waals surface area (Å²) in [5, 5.41) is 7.72. The Labute approximate surface area is 162 Å². The van der Waals surface area contributed by atoms with Gasteiger partial charge >= 0.3 is 5.97 Å². The van der Waals surface area contributed by atoms with Gasteiger partial charge in [-0.25, -0.2) is 4.79 Å². The number of hydrogen-bond donors (Lipinski definition) is 1. The molecule has 140 valence electrons. The molecular formula is C18H21Cl2N3O3. The third kappa shape index (κ3) is 4.99. The summed E-state index contributed by atoms with van der Waals surface area (Å²) < 4.78 is 6.84. The first-order valence-electron chi connectivity index (χ1n) is 8.33. The summed E-state index contributed by atoms with van der Waals surface area (Å²) in [5.74, 6) is -1.12. The number of ether oxygens (including phenoxy) is 1. The zero-order valence-electron chi connectivity index (χ0n) is 14.9. The number of nitrogens with zero attached hydrogens (tertiary/aromatic N) is 2. The van der Waals surface area contributed by atoms with Gasteiger partial charge in [0.2, 0.25) is 0 Å². The lowest BCUT2D eigenvalue weighted by molar-refractivity contribution is -0.123. The van der Waals surface area contributed by atoms with Crippen molar-refractivity contribution in [2.24, 2.45) is 0 Å². The van der Waals surface area contributed by atoms with Crippen LogP contribution in [-0.2, 0) is 16.1 Å². The predicted molar refractivity (Wildman–Crippen MR) is 102 cm³/mol. The maximum Gasteiger partial charge on any atom is 0.343 e. The molecule has 8 heteroatoms. The maximum absolute atomic E-state index is 12.4. The van der Waals surface area contributed by atoms with Gasteiger partial charge in [-0.05, 0) is 44.5 Å². The SMILES string of the molecule is CCCCn1nc(C)c(C(=O)O[C@@H](C)C(=O)Nc2ccc(Cl)cc2)c1Cl. The quantitative estimate of drug-likeness (QED) is 0.698. The van der Waals surface area contributed by atoms with Crippen LogP contribution in [0.4, 0.5) is 5.69 Å². The Balaban J connectivity index is 2.03. The highest BCUT2D eigenvalue weighted by Gasteiger charge is 2.25. The lowest BCUT2D eigenvalue weighted by Crippen LogP contribution is -2.30. The van der Waals surface area contributed by atoms with Gasteiger partial charge in [-0.3, -0.25) is 9.48 Å². The second kappa shape index (κ2) is 9.05. The second-order valence-corrected chi connectivity index (χ2v) is 6.67. The van der Waals surface area contributed by atoms with E-state index in [1.807, 2.05) is 0 Å². The van der Waals surface area contributed by atoms with Crippen LogP contribution < -0.4 is 5.32 Å². The number of anilines is 1. The first-order chi connectivity index (χ1) is 12.3. The number of amides is 1. The van der Waals surface area contributed by atoms with E-state index < -0.39 is 18.0 Å². The number of aromatic nitrogens is 2. The fraction of sp³-hybridized carbons (Fsp3) is 0.389. The number of aryl methyl sites for hydroxylation is 2. The van der Waals surface area contributed by atoms with Gasteiger partial charge in [-0.1, -0.05) is 36.5 Å². The van der Waals surface area contributed by atoms with Gasteiger partial charge in [-0.2, -0.15) is 5.10 Å². The van der Waals surface area contributed by atoms with Gasteiger partial charge in [0.1, 0.15) is 10.7 Å². The average Bonchev–Trinajstić information content (AvgIpc) is 2.88. The lowest BCUT2D eigenvalue weighted by atomic mass is 10.2. The third-order valence-electron chi connectivity index (χ3n) is 3.76. The summed E-state index contributed by atoms with van der Waals surface area (Å²) in [6.07, 6.45) is 0.888. The average molecular weight is 398 g/mol. The molecular weight excluding hydrogens is 377 g/mol. The minimum absolute atomic E-state index is 0.189. The Morgan fingerprint density at radius 1 is 1.27 bits per heavy atom. The Bertz CT molecular complexity index is 788. The molecule has 0 bridgehead atoms. The predicted octanol–water partition coefficient (Wildman–Crippen LogP) is 4.48. The number of carbonyl (C=O) groups is 2. The van der Waals surface area contributed by atoms with Crippen LogP contribution in [-0.4, -0.2) is 27.8 Å². The molecule has 1 aromatic carbocycles. The molecule has 1 heterocycles. The normalized spacial score (nSPS) is 11.9. The Morgan fingerprint density at radius 3 is 2.54 bits per heavy atom. The number of hydrogen-bond acceptors (Lipinski definition) is 4. The molecule has 2 aromatic rings. The number of rotatable bonds is 7. The van der Waals surface area contributed by atoms with E-state index in [0.717, 1.165) is 12.8 Å². The maximum atomic E-state index is 12.4. The molecule has 0 unspecified atom stereocenters. The van der Waals surface area contributed by atoms with Gasteiger partial charge in [0.25, 0.3) is 5.91 Å². The van der Waals surface area contributed by atoms with E-state index in [0.29, 0.717) is 22.9 Å². The van der Waals surface area contributed by atoms with Crippen LogP contribution in [0, 0.1) is 6.92 Å². The van der Waals surface area contributed by atoms with E-state index in [1.165, 1.54) is 6.92 Å². The highest BCUT2D eigenvalue weighted by Crippen LogP contribution is 2.22. The van der Waals surface area contributed by atoms with E-state index in [1.54, 1.807) is 35.9 Å². The molecule has 0 fully saturated rings. The minimum Gasteiger partial charge on any atom is -0.449 e. The smallest absolute Gasteiger partial charge is 0.343 e. The molecule has 2 rings (SSSR count). The topological polar surface area (TPSA) is 73.2 Å². The van der Waals surface area contributed by atoms with Gasteiger partial charge in [0.05, 0.1) is 5.69 Å². The van der Waals surface area contributed by atoms with Crippen molar-refractivity contribution >= 4 is 40.8 Å². The third-order valence-corrected chi connectivity index (χ3v) is 4.39. The Hall–Kier alpha value is -2.05. The second-order valence-electron chi connectivity index (χ2n) is 5.87. The van der Waals surface area contributed by atoms with Crippen molar-refractivity contribution in [2.75, 3.05) is 5.32 Å². The molecule has 0 aliphatic carbocycles. The Kier molecular flexibility index (Phi) is 7.06. The molecule has 0 saturated heterocycles. The van der Waals surface area contributed by atoms with Crippen molar-refractivity contribution in [3.05, 3.63) is 45.7 Å². The number of halogens is 2. The molecule has 0 aliphatic heterocycles. The number of benzene rings is 1. The first kappa shape index (κ1) is 20.3. The van der Waals surface area contributed by atoms with Gasteiger partial charge < -0.3 is 10.1 Å². The van der Waals surface area contributed by atoms with Crippen molar-refractivity contribution in [3.8, 4) is 0 Å². The van der Waals surface area contributed by atoms with Crippen LogP contribution >= 0.6 is 23.2 Å². The first-order valence-corrected chi connectivity index (χ1v) is 9.09. The number of unbranched alkanes of at least 4 members (excludes halogenated alkanes) is 1. The van der Waals surface area contributed by atoms with E-state index in [9.17, 15) is 9.59 Å². The standard InChI is InChI=1S/C18H21Cl2N3O3/c1-4-5-10-23-16(20)15(11(2)22-23)18(25)26-12(3)17(24)21-14-8-6-13(19)7-9-14/h6-9,12H,4-5,10H2,1-3H3,(H,21,24)/t12-/m0/s1. The summed E-state index contributed by atoms with van der Waals surface area (Å²) in [6.45, 7) is 5.85. The molecule has 0 radical (unpaired) electrons. The fourth-order valence-electron chi connectivity index (χ4n) is 2.29. The van der Waals surface area contributed by atoms with E-state index in [-0.39, 0.29) is 10.7 Å². The van der Waals surface area contributed by atoms with Crippen LogP contribution in [0.1, 0.15) is 42.7 Å². The lowest BCUT2D eigenvalue weighted by Gasteiger charge is -2.13. The molecule has 1 amide bonds. The number of nitrogens with one attached hydrogen (secondary N) is 1. The van der Waals surface area contributed by atoms with Gasteiger partial charge in [0, 0.05) is 17.3 Å². The largest absolute Gasteiger partial charge is 0.449 e. The monoisotopic (exact) mass is 397 g/mol. The van der Waals surface area contributed by atoms with Crippen molar-refractivity contribution in [1.29, 1.82) is 0 Å².